The van der Waals surface area contributed by atoms with Crippen LogP contribution in [0.3, 0.4) is 0 Å². The summed E-state index contributed by atoms with van der Waals surface area (Å²) in [5.74, 6) is 1.55. The summed E-state index contributed by atoms with van der Waals surface area (Å²) in [5, 5.41) is 3.46. The number of rotatable bonds is 3. The smallest absolute Gasteiger partial charge is 0.132 e. The summed E-state index contributed by atoms with van der Waals surface area (Å²) < 4.78 is 0. The molecule has 1 aromatic carbocycles. The molecule has 2 aliphatic rings. The minimum absolute atomic E-state index is 0.497. The minimum Gasteiger partial charge on any atom is -0.316 e. The maximum absolute atomic E-state index is 4.90. The number of benzene rings is 1. The summed E-state index contributed by atoms with van der Waals surface area (Å²) in [7, 11) is 0. The van der Waals surface area contributed by atoms with Gasteiger partial charge in [0.15, 0.2) is 0 Å². The van der Waals surface area contributed by atoms with Crippen molar-refractivity contribution >= 4 is 0 Å². The Balaban J connectivity index is 1.45. The van der Waals surface area contributed by atoms with Gasteiger partial charge in [-0.2, -0.15) is 0 Å². The lowest BCUT2D eigenvalue weighted by Gasteiger charge is -2.29. The quantitative estimate of drug-likeness (QED) is 0.946. The Labute approximate surface area is 138 Å². The van der Waals surface area contributed by atoms with E-state index in [0.717, 1.165) is 45.0 Å². The van der Waals surface area contributed by atoms with Crippen LogP contribution >= 0.6 is 0 Å². The molecule has 4 rings (SSSR count). The normalized spacial score (nSPS) is 21.8. The first-order chi connectivity index (χ1) is 11.4. The molecule has 0 amide bonds. The molecule has 4 nitrogen and oxygen atoms in total. The Bertz CT molecular complexity index is 650. The van der Waals surface area contributed by atoms with E-state index in [-0.39, 0.29) is 0 Å². The molecule has 3 heterocycles. The molecule has 2 aromatic rings. The van der Waals surface area contributed by atoms with Gasteiger partial charge in [-0.05, 0) is 24.9 Å². The maximum atomic E-state index is 4.90. The fraction of sp³-hybridized carbons (Fsp3) is 0.474. The molecule has 0 saturated carbocycles. The van der Waals surface area contributed by atoms with E-state index in [1.54, 1.807) is 0 Å². The highest BCUT2D eigenvalue weighted by molar-refractivity contribution is 5.23. The monoisotopic (exact) mass is 308 g/mol. The van der Waals surface area contributed by atoms with Crippen LogP contribution in [-0.4, -0.2) is 34.5 Å². The van der Waals surface area contributed by atoms with Crippen LogP contribution in [0.25, 0.3) is 0 Å². The van der Waals surface area contributed by atoms with Gasteiger partial charge in [0.1, 0.15) is 5.82 Å². The van der Waals surface area contributed by atoms with Crippen molar-refractivity contribution in [1.29, 1.82) is 0 Å². The Hall–Kier alpha value is -1.78. The van der Waals surface area contributed by atoms with Gasteiger partial charge in [0.05, 0.1) is 0 Å². The zero-order valence-electron chi connectivity index (χ0n) is 13.5. The molecule has 0 bridgehead atoms. The number of nitrogens with one attached hydrogen (secondary N) is 1. The number of piperidine rings is 1. The van der Waals surface area contributed by atoms with Crippen molar-refractivity contribution in [3.63, 3.8) is 0 Å². The average Bonchev–Trinajstić information content (AvgIpc) is 2.63. The molecule has 23 heavy (non-hydrogen) atoms. The van der Waals surface area contributed by atoms with Gasteiger partial charge in [-0.25, -0.2) is 9.97 Å². The van der Waals surface area contributed by atoms with Gasteiger partial charge in [-0.3, -0.25) is 4.90 Å². The van der Waals surface area contributed by atoms with Crippen LogP contribution in [0.1, 0.15) is 41.4 Å². The molecule has 1 fully saturated rings. The second kappa shape index (κ2) is 6.77. The molecular formula is C19H24N4. The van der Waals surface area contributed by atoms with Crippen molar-refractivity contribution < 1.29 is 0 Å². The molecule has 1 N–H and O–H groups in total. The molecule has 4 heteroatoms. The summed E-state index contributed by atoms with van der Waals surface area (Å²) in [5.41, 5.74) is 3.95. The van der Waals surface area contributed by atoms with Crippen molar-refractivity contribution in [2.45, 2.75) is 38.3 Å². The fourth-order valence-electron chi connectivity index (χ4n) is 3.64. The van der Waals surface area contributed by atoms with Gasteiger partial charge < -0.3 is 5.32 Å². The predicted octanol–water partition coefficient (Wildman–Crippen LogP) is 2.50. The van der Waals surface area contributed by atoms with E-state index in [9.17, 15) is 0 Å². The van der Waals surface area contributed by atoms with E-state index in [1.165, 1.54) is 29.7 Å². The highest BCUT2D eigenvalue weighted by Gasteiger charge is 2.22. The lowest BCUT2D eigenvalue weighted by atomic mass is 9.98. The van der Waals surface area contributed by atoms with Crippen LogP contribution < -0.4 is 5.32 Å². The molecule has 0 unspecified atom stereocenters. The third-order valence-corrected chi connectivity index (χ3v) is 4.94. The van der Waals surface area contributed by atoms with E-state index in [0.29, 0.717) is 5.92 Å². The van der Waals surface area contributed by atoms with Crippen molar-refractivity contribution in [3.05, 3.63) is 59.2 Å². The standard InChI is InChI=1S/C19H24N4/c1-2-5-15(6-3-1)13-23-10-8-18-17(14-23)12-21-19(22-18)16-7-4-9-20-11-16/h1-3,5-6,12,16,20H,4,7-11,13-14H2/t16-/m0/s1. The molecule has 1 atom stereocenters. The van der Waals surface area contributed by atoms with Crippen LogP contribution in [0.15, 0.2) is 36.5 Å². The topological polar surface area (TPSA) is 41.1 Å². The number of aromatic nitrogens is 2. The summed E-state index contributed by atoms with van der Waals surface area (Å²) in [6, 6.07) is 10.7. The van der Waals surface area contributed by atoms with E-state index >= 15 is 0 Å². The van der Waals surface area contributed by atoms with Crippen molar-refractivity contribution in [2.24, 2.45) is 0 Å². The van der Waals surface area contributed by atoms with Gasteiger partial charge in [-0.15, -0.1) is 0 Å². The SMILES string of the molecule is c1ccc(CN2CCc3nc([C@H]4CCCNC4)ncc3C2)cc1. The van der Waals surface area contributed by atoms with E-state index in [1.807, 2.05) is 0 Å². The van der Waals surface area contributed by atoms with E-state index < -0.39 is 0 Å². The van der Waals surface area contributed by atoms with Crippen molar-refractivity contribution in [2.75, 3.05) is 19.6 Å². The third-order valence-electron chi connectivity index (χ3n) is 4.94. The lowest BCUT2D eigenvalue weighted by Crippen LogP contribution is -2.32. The van der Waals surface area contributed by atoms with Gasteiger partial charge in [-0.1, -0.05) is 30.3 Å². The summed E-state index contributed by atoms with van der Waals surface area (Å²) in [6.45, 7) is 5.22. The molecule has 0 aliphatic carbocycles. The second-order valence-electron chi connectivity index (χ2n) is 6.69. The molecule has 120 valence electrons. The Morgan fingerprint density at radius 1 is 1.22 bits per heavy atom. The molecule has 1 saturated heterocycles. The summed E-state index contributed by atoms with van der Waals surface area (Å²) in [4.78, 5) is 12.1. The number of nitrogens with zero attached hydrogens (tertiary/aromatic N) is 3. The molecular weight excluding hydrogens is 284 g/mol. The lowest BCUT2D eigenvalue weighted by molar-refractivity contribution is 0.242. The summed E-state index contributed by atoms with van der Waals surface area (Å²) >= 11 is 0. The first-order valence-electron chi connectivity index (χ1n) is 8.70. The Kier molecular flexibility index (Phi) is 4.35. The van der Waals surface area contributed by atoms with Crippen LogP contribution in [0.5, 0.6) is 0 Å². The third kappa shape index (κ3) is 3.43. The van der Waals surface area contributed by atoms with Gasteiger partial charge >= 0.3 is 0 Å². The maximum Gasteiger partial charge on any atom is 0.132 e. The number of hydrogen-bond acceptors (Lipinski definition) is 4. The largest absolute Gasteiger partial charge is 0.316 e. The van der Waals surface area contributed by atoms with Crippen molar-refractivity contribution in [3.8, 4) is 0 Å². The van der Waals surface area contributed by atoms with Crippen LogP contribution in [0, 0.1) is 0 Å². The first kappa shape index (κ1) is 14.8. The highest BCUT2D eigenvalue weighted by atomic mass is 15.1. The molecule has 0 radical (unpaired) electrons. The van der Waals surface area contributed by atoms with E-state index in [4.69, 9.17) is 4.98 Å². The Morgan fingerprint density at radius 3 is 2.96 bits per heavy atom. The second-order valence-corrected chi connectivity index (χ2v) is 6.69. The summed E-state index contributed by atoms with van der Waals surface area (Å²) in [6.07, 6.45) is 5.56. The van der Waals surface area contributed by atoms with E-state index in [2.05, 4.69) is 51.7 Å². The average molecular weight is 308 g/mol. The minimum atomic E-state index is 0.497. The van der Waals surface area contributed by atoms with Gasteiger partial charge in [0, 0.05) is 56.0 Å². The number of fused-ring (bicyclic) bond motifs is 1. The van der Waals surface area contributed by atoms with Crippen LogP contribution in [-0.2, 0) is 19.5 Å². The predicted molar refractivity (Wildman–Crippen MR) is 91.1 cm³/mol. The van der Waals surface area contributed by atoms with Crippen LogP contribution in [0.2, 0.25) is 0 Å². The van der Waals surface area contributed by atoms with Crippen molar-refractivity contribution in [1.82, 2.24) is 20.2 Å². The Morgan fingerprint density at radius 2 is 2.13 bits per heavy atom. The zero-order valence-corrected chi connectivity index (χ0v) is 13.5. The van der Waals surface area contributed by atoms with Gasteiger partial charge in [0.25, 0.3) is 0 Å². The molecule has 1 aromatic heterocycles. The first-order valence-corrected chi connectivity index (χ1v) is 8.70. The zero-order chi connectivity index (χ0) is 15.5. The highest BCUT2D eigenvalue weighted by Crippen LogP contribution is 2.23. The molecule has 0 spiro atoms. The fourth-order valence-corrected chi connectivity index (χ4v) is 3.64. The number of hydrogen-bond donors (Lipinski definition) is 1. The van der Waals surface area contributed by atoms with Crippen LogP contribution in [0.4, 0.5) is 0 Å². The van der Waals surface area contributed by atoms with Gasteiger partial charge in [0.2, 0.25) is 0 Å². The molecule has 2 aliphatic heterocycles.